The molecule has 0 bridgehead atoms. The van der Waals surface area contributed by atoms with E-state index in [1.165, 1.54) is 11.0 Å². The van der Waals surface area contributed by atoms with Gasteiger partial charge in [-0.25, -0.2) is 15.0 Å². The van der Waals surface area contributed by atoms with Gasteiger partial charge in [-0.2, -0.15) is 4.68 Å². The van der Waals surface area contributed by atoms with E-state index in [0.29, 0.717) is 18.1 Å². The second kappa shape index (κ2) is 6.28. The van der Waals surface area contributed by atoms with Gasteiger partial charge in [-0.1, -0.05) is 0 Å². The Bertz CT molecular complexity index is 860. The van der Waals surface area contributed by atoms with Crippen molar-refractivity contribution in [3.8, 4) is 11.5 Å². The fraction of sp³-hybridized carbons (Fsp3) is 0.333. The first kappa shape index (κ1) is 14.6. The van der Waals surface area contributed by atoms with E-state index in [-0.39, 0.29) is 5.56 Å². The molecule has 1 fully saturated rings. The van der Waals surface area contributed by atoms with Gasteiger partial charge in [0.1, 0.15) is 17.8 Å². The fourth-order valence-corrected chi connectivity index (χ4v) is 2.72. The summed E-state index contributed by atoms with van der Waals surface area (Å²) in [7, 11) is 0. The number of ether oxygens (including phenoxy) is 1. The summed E-state index contributed by atoms with van der Waals surface area (Å²) in [5.74, 6) is 1.29. The number of nitrogens with zero attached hydrogens (tertiary/aromatic N) is 6. The van der Waals surface area contributed by atoms with Crippen molar-refractivity contribution in [1.82, 2.24) is 29.3 Å². The van der Waals surface area contributed by atoms with Crippen LogP contribution in [-0.4, -0.2) is 55.6 Å². The molecule has 1 aliphatic rings. The van der Waals surface area contributed by atoms with Crippen molar-refractivity contribution in [1.29, 1.82) is 0 Å². The maximum atomic E-state index is 12.6. The summed E-state index contributed by atoms with van der Waals surface area (Å²) in [5.41, 5.74) is 0.285. The van der Waals surface area contributed by atoms with Gasteiger partial charge in [0.15, 0.2) is 5.82 Å². The minimum absolute atomic E-state index is 0.197. The molecule has 1 aliphatic heterocycles. The number of aromatic amines is 1. The van der Waals surface area contributed by atoms with E-state index in [1.807, 2.05) is 0 Å². The number of imidazole rings is 1. The first-order valence-electron chi connectivity index (χ1n) is 7.77. The van der Waals surface area contributed by atoms with Crippen LogP contribution in [0.15, 0.2) is 42.1 Å². The monoisotopic (exact) mass is 327 g/mol. The molecule has 124 valence electrons. The molecular weight excluding hydrogens is 310 g/mol. The van der Waals surface area contributed by atoms with Crippen LogP contribution < -0.4 is 10.5 Å². The maximum absolute atomic E-state index is 12.6. The van der Waals surface area contributed by atoms with Crippen molar-refractivity contribution >= 4 is 5.82 Å². The molecular formula is C15H17N7O2. The number of anilines is 1. The third-order valence-corrected chi connectivity index (χ3v) is 3.95. The second-order valence-electron chi connectivity index (χ2n) is 5.46. The number of aromatic nitrogens is 6. The van der Waals surface area contributed by atoms with Gasteiger partial charge in [0.05, 0.1) is 12.9 Å². The molecule has 0 saturated carbocycles. The molecule has 3 aromatic heterocycles. The van der Waals surface area contributed by atoms with Crippen molar-refractivity contribution in [2.45, 2.75) is 6.42 Å². The van der Waals surface area contributed by atoms with Crippen molar-refractivity contribution in [2.24, 2.45) is 0 Å². The minimum Gasteiger partial charge on any atom is -0.380 e. The van der Waals surface area contributed by atoms with E-state index in [0.717, 1.165) is 31.9 Å². The maximum Gasteiger partial charge on any atom is 0.296 e. The van der Waals surface area contributed by atoms with Crippen LogP contribution in [0.25, 0.3) is 11.5 Å². The molecule has 9 heteroatoms. The van der Waals surface area contributed by atoms with E-state index < -0.39 is 0 Å². The number of nitrogens with one attached hydrogen (secondary N) is 1. The Morgan fingerprint density at radius 3 is 2.96 bits per heavy atom. The topological polar surface area (TPSA) is 93.9 Å². The number of H-pyrrole nitrogens is 1. The van der Waals surface area contributed by atoms with Crippen molar-refractivity contribution in [3.05, 3.63) is 47.7 Å². The normalized spacial score (nSPS) is 15.4. The number of rotatable bonds is 3. The largest absolute Gasteiger partial charge is 0.380 e. The predicted octanol–water partition coefficient (Wildman–Crippen LogP) is 0.368. The number of hydrogen-bond donors (Lipinski definition) is 1. The van der Waals surface area contributed by atoms with E-state index in [4.69, 9.17) is 4.74 Å². The van der Waals surface area contributed by atoms with Crippen LogP contribution in [0.4, 0.5) is 5.82 Å². The first-order valence-corrected chi connectivity index (χ1v) is 7.77. The van der Waals surface area contributed by atoms with Gasteiger partial charge in [-0.05, 0) is 6.42 Å². The van der Waals surface area contributed by atoms with Gasteiger partial charge in [0.25, 0.3) is 5.56 Å². The zero-order chi connectivity index (χ0) is 16.4. The summed E-state index contributed by atoms with van der Waals surface area (Å²) in [5, 5.41) is 2.94. The Kier molecular flexibility index (Phi) is 3.83. The zero-order valence-electron chi connectivity index (χ0n) is 13.0. The van der Waals surface area contributed by atoms with E-state index in [9.17, 15) is 4.79 Å². The average molecular weight is 327 g/mol. The van der Waals surface area contributed by atoms with Crippen molar-refractivity contribution < 1.29 is 4.74 Å². The molecule has 4 heterocycles. The molecule has 1 saturated heterocycles. The van der Waals surface area contributed by atoms with E-state index >= 15 is 0 Å². The van der Waals surface area contributed by atoms with Crippen LogP contribution in [0.5, 0.6) is 0 Å². The summed E-state index contributed by atoms with van der Waals surface area (Å²) in [6.45, 7) is 3.08. The molecule has 0 aliphatic carbocycles. The Morgan fingerprint density at radius 2 is 2.08 bits per heavy atom. The quantitative estimate of drug-likeness (QED) is 0.747. The Morgan fingerprint density at radius 1 is 1.17 bits per heavy atom. The summed E-state index contributed by atoms with van der Waals surface area (Å²) in [4.78, 5) is 27.3. The molecule has 0 radical (unpaired) electrons. The highest BCUT2D eigenvalue weighted by atomic mass is 16.5. The van der Waals surface area contributed by atoms with Crippen LogP contribution in [0.3, 0.4) is 0 Å². The molecule has 4 rings (SSSR count). The molecule has 0 unspecified atom stereocenters. The minimum atomic E-state index is -0.197. The van der Waals surface area contributed by atoms with E-state index in [2.05, 4.69) is 25.0 Å². The highest BCUT2D eigenvalue weighted by Gasteiger charge is 2.15. The van der Waals surface area contributed by atoms with Gasteiger partial charge < -0.3 is 9.64 Å². The SMILES string of the molecule is O=c1c(-n2ccnc2)c[nH]n1-c1cc(N2CCCOCC2)ncn1. The second-order valence-corrected chi connectivity index (χ2v) is 5.46. The summed E-state index contributed by atoms with van der Waals surface area (Å²) in [6.07, 6.45) is 8.98. The summed E-state index contributed by atoms with van der Waals surface area (Å²) >= 11 is 0. The third-order valence-electron chi connectivity index (χ3n) is 3.95. The summed E-state index contributed by atoms with van der Waals surface area (Å²) in [6, 6.07) is 1.81. The van der Waals surface area contributed by atoms with Gasteiger partial charge >= 0.3 is 0 Å². The van der Waals surface area contributed by atoms with Gasteiger partial charge in [-0.3, -0.25) is 14.5 Å². The van der Waals surface area contributed by atoms with Crippen LogP contribution in [0, 0.1) is 0 Å². The van der Waals surface area contributed by atoms with Gasteiger partial charge in [0, 0.05) is 44.4 Å². The lowest BCUT2D eigenvalue weighted by Crippen LogP contribution is -2.27. The van der Waals surface area contributed by atoms with Crippen LogP contribution in [0.2, 0.25) is 0 Å². The molecule has 0 spiro atoms. The first-order chi connectivity index (χ1) is 11.8. The smallest absolute Gasteiger partial charge is 0.296 e. The molecule has 24 heavy (non-hydrogen) atoms. The average Bonchev–Trinajstić information content (AvgIpc) is 3.17. The lowest BCUT2D eigenvalue weighted by Gasteiger charge is -2.20. The standard InChI is InChI=1S/C15H17N7O2/c23-15-12(21-4-2-16-11-21)9-19-22(15)14-8-13(17-10-18-14)20-3-1-6-24-7-5-20/h2,4,8-11,19H,1,3,5-7H2. The van der Waals surface area contributed by atoms with Gasteiger partial charge in [0.2, 0.25) is 0 Å². The van der Waals surface area contributed by atoms with E-state index in [1.54, 1.807) is 35.6 Å². The molecule has 0 aromatic carbocycles. The Balaban J connectivity index is 1.68. The Hall–Kier alpha value is -2.94. The molecule has 9 nitrogen and oxygen atoms in total. The Labute approximate surface area is 137 Å². The molecule has 0 atom stereocenters. The highest BCUT2D eigenvalue weighted by molar-refractivity contribution is 5.44. The lowest BCUT2D eigenvalue weighted by molar-refractivity contribution is 0.152. The fourth-order valence-electron chi connectivity index (χ4n) is 2.72. The highest BCUT2D eigenvalue weighted by Crippen LogP contribution is 2.15. The molecule has 1 N–H and O–H groups in total. The van der Waals surface area contributed by atoms with Crippen LogP contribution >= 0.6 is 0 Å². The molecule has 3 aromatic rings. The van der Waals surface area contributed by atoms with Crippen molar-refractivity contribution in [3.63, 3.8) is 0 Å². The lowest BCUT2D eigenvalue weighted by atomic mass is 10.4. The van der Waals surface area contributed by atoms with Gasteiger partial charge in [-0.15, -0.1) is 0 Å². The predicted molar refractivity (Wildman–Crippen MR) is 86.8 cm³/mol. The number of hydrogen-bond acceptors (Lipinski definition) is 6. The third kappa shape index (κ3) is 2.69. The van der Waals surface area contributed by atoms with Crippen LogP contribution in [-0.2, 0) is 4.74 Å². The zero-order valence-corrected chi connectivity index (χ0v) is 13.0. The van der Waals surface area contributed by atoms with Crippen LogP contribution in [0.1, 0.15) is 6.42 Å². The van der Waals surface area contributed by atoms with Crippen molar-refractivity contribution in [2.75, 3.05) is 31.2 Å². The summed E-state index contributed by atoms with van der Waals surface area (Å²) < 4.78 is 8.52. The molecule has 0 amide bonds.